The van der Waals surface area contributed by atoms with Crippen LogP contribution < -0.4 is 0 Å². The summed E-state index contributed by atoms with van der Waals surface area (Å²) in [5, 5.41) is 9.27. The molecular weight excluding hydrogens is 232 g/mol. The molecule has 0 radical (unpaired) electrons. The maximum Gasteiger partial charge on any atom is 0.320 e. The average molecular weight is 252 g/mol. The average Bonchev–Trinajstić information content (AvgIpc) is 2.38. The van der Waals surface area contributed by atoms with Crippen molar-refractivity contribution in [1.29, 1.82) is 0 Å². The second kappa shape index (κ2) is 5.76. The molecule has 100 valence electrons. The summed E-state index contributed by atoms with van der Waals surface area (Å²) < 4.78 is 0. The number of urea groups is 1. The lowest BCUT2D eigenvalue weighted by molar-refractivity contribution is -0.152. The minimum Gasteiger partial charge on any atom is -0.481 e. The summed E-state index contributed by atoms with van der Waals surface area (Å²) in [4.78, 5) is 26.4. The van der Waals surface area contributed by atoms with E-state index in [1.807, 2.05) is 6.92 Å². The molecule has 0 aromatic rings. The number of likely N-dealkylation sites (tertiary alicyclic amines) is 1. The summed E-state index contributed by atoms with van der Waals surface area (Å²) in [5.41, 5.74) is -0.665. The van der Waals surface area contributed by atoms with Crippen molar-refractivity contribution in [3.8, 4) is 12.3 Å². The van der Waals surface area contributed by atoms with E-state index in [-0.39, 0.29) is 12.6 Å². The first-order valence-corrected chi connectivity index (χ1v) is 6.13. The maximum atomic E-state index is 12.0. The minimum absolute atomic E-state index is 0.122. The van der Waals surface area contributed by atoms with Crippen LogP contribution in [0.25, 0.3) is 0 Å². The summed E-state index contributed by atoms with van der Waals surface area (Å²) >= 11 is 0. The highest BCUT2D eigenvalue weighted by Gasteiger charge is 2.41. The molecule has 2 amide bonds. The van der Waals surface area contributed by atoms with Gasteiger partial charge in [-0.3, -0.25) is 4.79 Å². The summed E-state index contributed by atoms with van der Waals surface area (Å²) in [5.74, 6) is 1.66. The minimum atomic E-state index is -0.755. The van der Waals surface area contributed by atoms with Gasteiger partial charge >= 0.3 is 12.0 Å². The molecule has 0 spiro atoms. The Hall–Kier alpha value is -1.70. The highest BCUT2D eigenvalue weighted by molar-refractivity contribution is 5.77. The molecule has 1 rings (SSSR count). The van der Waals surface area contributed by atoms with Gasteiger partial charge in [0, 0.05) is 20.1 Å². The molecule has 1 N–H and O–H groups in total. The van der Waals surface area contributed by atoms with E-state index >= 15 is 0 Å². The Morgan fingerprint density at radius 1 is 1.44 bits per heavy atom. The number of carbonyl (C=O) groups is 2. The van der Waals surface area contributed by atoms with Crippen molar-refractivity contribution >= 4 is 12.0 Å². The van der Waals surface area contributed by atoms with Crippen molar-refractivity contribution < 1.29 is 14.7 Å². The Kier molecular flexibility index (Phi) is 4.60. The number of amides is 2. The molecule has 0 atom stereocenters. The molecule has 0 saturated carbocycles. The van der Waals surface area contributed by atoms with Crippen LogP contribution in [-0.2, 0) is 4.79 Å². The van der Waals surface area contributed by atoms with Crippen LogP contribution in [0.3, 0.4) is 0 Å². The van der Waals surface area contributed by atoms with E-state index in [9.17, 15) is 14.7 Å². The topological polar surface area (TPSA) is 60.9 Å². The maximum absolute atomic E-state index is 12.0. The number of terminal acetylenes is 1. The largest absolute Gasteiger partial charge is 0.481 e. The van der Waals surface area contributed by atoms with Crippen LogP contribution in [0.1, 0.15) is 26.2 Å². The predicted octanol–water partition coefficient (Wildman–Crippen LogP) is 1.25. The Labute approximate surface area is 108 Å². The number of nitrogens with zero attached hydrogens (tertiary/aromatic N) is 2. The van der Waals surface area contributed by atoms with Gasteiger partial charge in [0.2, 0.25) is 0 Å². The Morgan fingerprint density at radius 3 is 2.39 bits per heavy atom. The molecule has 0 aromatic heterocycles. The van der Waals surface area contributed by atoms with E-state index in [0.717, 1.165) is 0 Å². The summed E-state index contributed by atoms with van der Waals surface area (Å²) in [6, 6.07) is -0.122. The van der Waals surface area contributed by atoms with Gasteiger partial charge in [-0.15, -0.1) is 6.42 Å². The van der Waals surface area contributed by atoms with Gasteiger partial charge in [-0.05, 0) is 19.3 Å². The van der Waals surface area contributed by atoms with Crippen molar-refractivity contribution in [3.63, 3.8) is 0 Å². The molecule has 0 bridgehead atoms. The SMILES string of the molecule is C#CCN(C)C(=O)N1CCC(CC)(C(=O)O)CC1. The molecule has 5 heteroatoms. The Bertz CT molecular complexity index is 365. The number of carboxylic acid groups (broad SMARTS) is 1. The monoisotopic (exact) mass is 252 g/mol. The first-order chi connectivity index (χ1) is 8.46. The van der Waals surface area contributed by atoms with E-state index in [2.05, 4.69) is 5.92 Å². The van der Waals surface area contributed by atoms with Crippen molar-refractivity contribution in [2.24, 2.45) is 5.41 Å². The van der Waals surface area contributed by atoms with Crippen LogP contribution in [-0.4, -0.2) is 53.6 Å². The fourth-order valence-electron chi connectivity index (χ4n) is 2.29. The fourth-order valence-corrected chi connectivity index (χ4v) is 2.29. The van der Waals surface area contributed by atoms with Gasteiger partial charge < -0.3 is 14.9 Å². The number of aliphatic carboxylic acids is 1. The normalized spacial score (nSPS) is 17.9. The molecule has 1 aliphatic heterocycles. The van der Waals surface area contributed by atoms with E-state index < -0.39 is 11.4 Å². The molecule has 1 saturated heterocycles. The first kappa shape index (κ1) is 14.4. The number of carboxylic acids is 1. The van der Waals surface area contributed by atoms with Gasteiger partial charge in [-0.1, -0.05) is 12.8 Å². The molecule has 0 aromatic carbocycles. The van der Waals surface area contributed by atoms with Gasteiger partial charge in [0.15, 0.2) is 0 Å². The zero-order valence-corrected chi connectivity index (χ0v) is 11.0. The predicted molar refractivity (Wildman–Crippen MR) is 68.0 cm³/mol. The molecular formula is C13H20N2O3. The lowest BCUT2D eigenvalue weighted by atomic mass is 9.76. The molecule has 18 heavy (non-hydrogen) atoms. The highest BCUT2D eigenvalue weighted by atomic mass is 16.4. The van der Waals surface area contributed by atoms with Crippen molar-refractivity contribution in [2.75, 3.05) is 26.7 Å². The Balaban J connectivity index is 2.61. The zero-order valence-electron chi connectivity index (χ0n) is 11.0. The number of hydrogen-bond acceptors (Lipinski definition) is 2. The third-order valence-electron chi connectivity index (χ3n) is 3.78. The van der Waals surface area contributed by atoms with Gasteiger partial charge in [-0.25, -0.2) is 4.79 Å². The number of hydrogen-bond donors (Lipinski definition) is 1. The van der Waals surface area contributed by atoms with Gasteiger partial charge in [-0.2, -0.15) is 0 Å². The zero-order chi connectivity index (χ0) is 13.8. The van der Waals surface area contributed by atoms with E-state index in [0.29, 0.717) is 32.4 Å². The van der Waals surface area contributed by atoms with E-state index in [1.54, 1.807) is 11.9 Å². The first-order valence-electron chi connectivity index (χ1n) is 6.13. The van der Waals surface area contributed by atoms with Gasteiger partial charge in [0.25, 0.3) is 0 Å². The summed E-state index contributed by atoms with van der Waals surface area (Å²) in [7, 11) is 1.65. The molecule has 5 nitrogen and oxygen atoms in total. The second-order valence-electron chi connectivity index (χ2n) is 4.77. The van der Waals surface area contributed by atoms with Gasteiger partial charge in [0.1, 0.15) is 0 Å². The summed E-state index contributed by atoms with van der Waals surface area (Å²) in [6.45, 7) is 3.12. The van der Waals surface area contributed by atoms with Gasteiger partial charge in [0.05, 0.1) is 12.0 Å². The second-order valence-corrected chi connectivity index (χ2v) is 4.77. The molecule has 1 aliphatic rings. The van der Waals surface area contributed by atoms with Crippen LogP contribution in [0.2, 0.25) is 0 Å². The standard InChI is InChI=1S/C13H20N2O3/c1-4-8-14(3)12(18)15-9-6-13(5-2,7-10-15)11(16)17/h1H,5-10H2,2-3H3,(H,16,17). The van der Waals surface area contributed by atoms with Crippen molar-refractivity contribution in [1.82, 2.24) is 9.80 Å². The fraction of sp³-hybridized carbons (Fsp3) is 0.692. The van der Waals surface area contributed by atoms with E-state index in [1.165, 1.54) is 4.90 Å². The number of piperidine rings is 1. The van der Waals surface area contributed by atoms with Crippen LogP contribution >= 0.6 is 0 Å². The van der Waals surface area contributed by atoms with Crippen molar-refractivity contribution in [2.45, 2.75) is 26.2 Å². The van der Waals surface area contributed by atoms with Crippen LogP contribution in [0, 0.1) is 17.8 Å². The summed E-state index contributed by atoms with van der Waals surface area (Å²) in [6.07, 6.45) is 6.78. The molecule has 1 fully saturated rings. The highest BCUT2D eigenvalue weighted by Crippen LogP contribution is 2.35. The van der Waals surface area contributed by atoms with Crippen LogP contribution in [0.4, 0.5) is 4.79 Å². The van der Waals surface area contributed by atoms with E-state index in [4.69, 9.17) is 6.42 Å². The molecule has 0 aliphatic carbocycles. The molecule has 0 unspecified atom stereocenters. The molecule has 1 heterocycles. The number of rotatable bonds is 3. The Morgan fingerprint density at radius 2 is 2.00 bits per heavy atom. The lowest BCUT2D eigenvalue weighted by Crippen LogP contribution is -2.49. The van der Waals surface area contributed by atoms with Crippen LogP contribution in [0.5, 0.6) is 0 Å². The smallest absolute Gasteiger partial charge is 0.320 e. The number of carbonyl (C=O) groups excluding carboxylic acids is 1. The lowest BCUT2D eigenvalue weighted by Gasteiger charge is -2.39. The van der Waals surface area contributed by atoms with Crippen molar-refractivity contribution in [3.05, 3.63) is 0 Å². The third-order valence-corrected chi connectivity index (χ3v) is 3.78. The quantitative estimate of drug-likeness (QED) is 0.769. The third kappa shape index (κ3) is 2.76. The van der Waals surface area contributed by atoms with Crippen LogP contribution in [0.15, 0.2) is 0 Å².